The van der Waals surface area contributed by atoms with Crippen molar-refractivity contribution in [2.45, 2.75) is 34.1 Å². The number of hydrogen-bond donors (Lipinski definition) is 0. The highest BCUT2D eigenvalue weighted by Crippen LogP contribution is 2.25. The normalized spacial score (nSPS) is 27.8. The molecule has 94 valence electrons. The topological polar surface area (TPSA) is 29.5 Å². The summed E-state index contributed by atoms with van der Waals surface area (Å²) in [6, 6.07) is 0. The quantitative estimate of drug-likeness (QED) is 0.692. The molecule has 1 saturated heterocycles. The van der Waals surface area contributed by atoms with Gasteiger partial charge in [0.1, 0.15) is 0 Å². The molecule has 3 nitrogen and oxygen atoms in total. The molecule has 0 N–H and O–H groups in total. The van der Waals surface area contributed by atoms with Crippen molar-refractivity contribution < 1.29 is 9.53 Å². The molecule has 0 aliphatic carbocycles. The second-order valence-electron chi connectivity index (χ2n) is 6.02. The van der Waals surface area contributed by atoms with E-state index in [1.807, 2.05) is 13.8 Å². The van der Waals surface area contributed by atoms with Gasteiger partial charge in [-0.3, -0.25) is 4.79 Å². The number of ether oxygens (including phenoxy) is 1. The van der Waals surface area contributed by atoms with Crippen LogP contribution in [0, 0.1) is 17.3 Å². The van der Waals surface area contributed by atoms with Gasteiger partial charge in [-0.1, -0.05) is 13.8 Å². The summed E-state index contributed by atoms with van der Waals surface area (Å²) in [4.78, 5) is 14.0. The van der Waals surface area contributed by atoms with Crippen LogP contribution in [0.5, 0.6) is 0 Å². The van der Waals surface area contributed by atoms with Gasteiger partial charge in [0.2, 0.25) is 0 Å². The molecule has 0 bridgehead atoms. The minimum absolute atomic E-state index is 0.113. The minimum atomic E-state index is -0.397. The highest BCUT2D eigenvalue weighted by Gasteiger charge is 2.33. The third-order valence-electron chi connectivity index (χ3n) is 3.30. The molecule has 2 unspecified atom stereocenters. The van der Waals surface area contributed by atoms with E-state index in [2.05, 4.69) is 18.7 Å². The van der Waals surface area contributed by atoms with Crippen LogP contribution in [0.15, 0.2) is 0 Å². The molecule has 0 aromatic carbocycles. The third kappa shape index (κ3) is 3.48. The van der Waals surface area contributed by atoms with Gasteiger partial charge in [0, 0.05) is 19.6 Å². The summed E-state index contributed by atoms with van der Waals surface area (Å²) >= 11 is 0. The molecule has 1 heterocycles. The first-order valence-electron chi connectivity index (χ1n) is 6.16. The van der Waals surface area contributed by atoms with E-state index < -0.39 is 5.41 Å². The summed E-state index contributed by atoms with van der Waals surface area (Å²) < 4.78 is 4.84. The van der Waals surface area contributed by atoms with Crippen LogP contribution in [0.4, 0.5) is 0 Å². The molecule has 1 fully saturated rings. The summed E-state index contributed by atoms with van der Waals surface area (Å²) in [5.74, 6) is 1.35. The Kier molecular flexibility index (Phi) is 4.36. The lowest BCUT2D eigenvalue weighted by Gasteiger charge is -2.38. The fraction of sp³-hybridized carbons (Fsp3) is 0.923. The molecular formula is C13H25NO2. The van der Waals surface area contributed by atoms with Crippen LogP contribution in [-0.4, -0.2) is 37.6 Å². The average Bonchev–Trinajstić information content (AvgIpc) is 2.13. The zero-order chi connectivity index (χ0) is 12.3. The molecular weight excluding hydrogens is 202 g/mol. The molecule has 0 aromatic rings. The second-order valence-corrected chi connectivity index (χ2v) is 6.02. The van der Waals surface area contributed by atoms with Crippen molar-refractivity contribution in [3.63, 3.8) is 0 Å². The zero-order valence-corrected chi connectivity index (χ0v) is 11.2. The van der Waals surface area contributed by atoms with Gasteiger partial charge in [-0.05, 0) is 32.1 Å². The average molecular weight is 227 g/mol. The number of piperidine rings is 1. The molecule has 2 atom stereocenters. The Balaban J connectivity index is 2.56. The lowest BCUT2D eigenvalue weighted by atomic mass is 9.88. The van der Waals surface area contributed by atoms with Crippen LogP contribution >= 0.6 is 0 Å². The zero-order valence-electron chi connectivity index (χ0n) is 11.2. The van der Waals surface area contributed by atoms with E-state index in [0.717, 1.165) is 31.5 Å². The molecule has 0 saturated carbocycles. The highest BCUT2D eigenvalue weighted by molar-refractivity contribution is 5.76. The van der Waals surface area contributed by atoms with Crippen LogP contribution in [0.1, 0.15) is 34.1 Å². The lowest BCUT2D eigenvalue weighted by molar-refractivity contribution is -0.152. The van der Waals surface area contributed by atoms with Gasteiger partial charge in [-0.25, -0.2) is 0 Å². The van der Waals surface area contributed by atoms with Gasteiger partial charge in [-0.2, -0.15) is 0 Å². The SMILES string of the molecule is COC(=O)C(C)(C)CN1CC(C)CC(C)C1. The van der Waals surface area contributed by atoms with E-state index >= 15 is 0 Å². The maximum absolute atomic E-state index is 11.6. The van der Waals surface area contributed by atoms with E-state index in [4.69, 9.17) is 4.74 Å². The number of hydrogen-bond acceptors (Lipinski definition) is 3. The molecule has 1 rings (SSSR count). The summed E-state index contributed by atoms with van der Waals surface area (Å²) in [5, 5.41) is 0. The van der Waals surface area contributed by atoms with E-state index in [1.54, 1.807) is 0 Å². The van der Waals surface area contributed by atoms with Gasteiger partial charge in [0.05, 0.1) is 12.5 Å². The maximum Gasteiger partial charge on any atom is 0.312 e. The Hall–Kier alpha value is -0.570. The van der Waals surface area contributed by atoms with Crippen molar-refractivity contribution in [3.8, 4) is 0 Å². The van der Waals surface area contributed by atoms with Crippen molar-refractivity contribution in [1.29, 1.82) is 0 Å². The first-order chi connectivity index (χ1) is 7.35. The van der Waals surface area contributed by atoms with Gasteiger partial charge in [0.25, 0.3) is 0 Å². The second kappa shape index (κ2) is 5.17. The van der Waals surface area contributed by atoms with Crippen LogP contribution in [0.25, 0.3) is 0 Å². The Morgan fingerprint density at radius 1 is 1.31 bits per heavy atom. The Morgan fingerprint density at radius 2 is 1.81 bits per heavy atom. The first kappa shape index (κ1) is 13.5. The third-order valence-corrected chi connectivity index (χ3v) is 3.30. The summed E-state index contributed by atoms with van der Waals surface area (Å²) in [5.41, 5.74) is -0.397. The Labute approximate surface area is 99.1 Å². The largest absolute Gasteiger partial charge is 0.469 e. The number of carbonyl (C=O) groups excluding carboxylic acids is 1. The van der Waals surface area contributed by atoms with Crippen molar-refractivity contribution in [1.82, 2.24) is 4.90 Å². The van der Waals surface area contributed by atoms with Crippen LogP contribution in [-0.2, 0) is 9.53 Å². The summed E-state index contributed by atoms with van der Waals surface area (Å²) in [6.07, 6.45) is 1.30. The van der Waals surface area contributed by atoms with E-state index in [9.17, 15) is 4.79 Å². The molecule has 1 aliphatic heterocycles. The molecule has 1 aliphatic rings. The predicted molar refractivity (Wildman–Crippen MR) is 65.2 cm³/mol. The van der Waals surface area contributed by atoms with Crippen molar-refractivity contribution in [2.24, 2.45) is 17.3 Å². The molecule has 0 radical (unpaired) electrons. The van der Waals surface area contributed by atoms with Crippen molar-refractivity contribution in [3.05, 3.63) is 0 Å². The van der Waals surface area contributed by atoms with Crippen LogP contribution < -0.4 is 0 Å². The number of carbonyl (C=O) groups is 1. The van der Waals surface area contributed by atoms with Crippen LogP contribution in [0.3, 0.4) is 0 Å². The maximum atomic E-state index is 11.6. The number of nitrogens with zero attached hydrogens (tertiary/aromatic N) is 1. The monoisotopic (exact) mass is 227 g/mol. The Bertz CT molecular complexity index is 240. The fourth-order valence-electron chi connectivity index (χ4n) is 2.82. The van der Waals surface area contributed by atoms with Crippen LogP contribution in [0.2, 0.25) is 0 Å². The van der Waals surface area contributed by atoms with Crippen molar-refractivity contribution >= 4 is 5.97 Å². The van der Waals surface area contributed by atoms with E-state index in [-0.39, 0.29) is 5.97 Å². The number of esters is 1. The fourth-order valence-corrected chi connectivity index (χ4v) is 2.82. The standard InChI is InChI=1S/C13H25NO2/c1-10-6-11(2)8-14(7-10)9-13(3,4)12(15)16-5/h10-11H,6-9H2,1-5H3. The molecule has 16 heavy (non-hydrogen) atoms. The Morgan fingerprint density at radius 3 is 2.25 bits per heavy atom. The molecule has 0 amide bonds. The molecule has 0 spiro atoms. The lowest BCUT2D eigenvalue weighted by Crippen LogP contribution is -2.46. The van der Waals surface area contributed by atoms with E-state index in [0.29, 0.717) is 0 Å². The number of likely N-dealkylation sites (tertiary alicyclic amines) is 1. The highest BCUT2D eigenvalue weighted by atomic mass is 16.5. The summed E-state index contributed by atoms with van der Waals surface area (Å²) in [7, 11) is 1.46. The summed E-state index contributed by atoms with van der Waals surface area (Å²) in [6.45, 7) is 11.5. The number of methoxy groups -OCH3 is 1. The van der Waals surface area contributed by atoms with Gasteiger partial charge in [0.15, 0.2) is 0 Å². The smallest absolute Gasteiger partial charge is 0.312 e. The van der Waals surface area contributed by atoms with Crippen molar-refractivity contribution in [2.75, 3.05) is 26.7 Å². The van der Waals surface area contributed by atoms with Gasteiger partial charge >= 0.3 is 5.97 Å². The predicted octanol–water partition coefficient (Wildman–Crippen LogP) is 2.16. The molecule has 0 aromatic heterocycles. The first-order valence-corrected chi connectivity index (χ1v) is 6.16. The van der Waals surface area contributed by atoms with E-state index in [1.165, 1.54) is 13.5 Å². The van der Waals surface area contributed by atoms with Gasteiger partial charge < -0.3 is 9.64 Å². The number of rotatable bonds is 3. The van der Waals surface area contributed by atoms with Gasteiger partial charge in [-0.15, -0.1) is 0 Å². The minimum Gasteiger partial charge on any atom is -0.469 e. The molecule has 3 heteroatoms.